The van der Waals surface area contributed by atoms with Crippen molar-refractivity contribution in [2.75, 3.05) is 0 Å². The fourth-order valence-corrected chi connectivity index (χ4v) is 2.47. The third kappa shape index (κ3) is 1.36. The maximum Gasteiger partial charge on any atom is 0.0435 e. The van der Waals surface area contributed by atoms with Crippen LogP contribution < -0.4 is 5.73 Å². The molecular formula is C13H19N. The molecule has 0 aliphatic heterocycles. The van der Waals surface area contributed by atoms with E-state index in [1.165, 1.54) is 29.6 Å². The van der Waals surface area contributed by atoms with Gasteiger partial charge in [0, 0.05) is 5.54 Å². The van der Waals surface area contributed by atoms with Gasteiger partial charge < -0.3 is 5.73 Å². The van der Waals surface area contributed by atoms with Crippen molar-refractivity contribution in [2.24, 2.45) is 11.7 Å². The summed E-state index contributed by atoms with van der Waals surface area (Å²) in [7, 11) is 0. The van der Waals surface area contributed by atoms with Crippen molar-refractivity contribution in [2.45, 2.75) is 38.6 Å². The summed E-state index contributed by atoms with van der Waals surface area (Å²) in [5, 5.41) is 0. The number of nitrogens with two attached hydrogens (primary N) is 1. The van der Waals surface area contributed by atoms with Crippen LogP contribution in [0, 0.1) is 5.92 Å². The summed E-state index contributed by atoms with van der Waals surface area (Å²) < 4.78 is 0. The highest BCUT2D eigenvalue weighted by Gasteiger charge is 2.44. The molecule has 0 radical (unpaired) electrons. The van der Waals surface area contributed by atoms with Crippen molar-refractivity contribution < 1.29 is 0 Å². The van der Waals surface area contributed by atoms with Gasteiger partial charge in [0.2, 0.25) is 0 Å². The third-order valence-corrected chi connectivity index (χ3v) is 3.68. The van der Waals surface area contributed by atoms with Crippen molar-refractivity contribution in [1.29, 1.82) is 0 Å². The van der Waals surface area contributed by atoms with E-state index < -0.39 is 0 Å². The maximum atomic E-state index is 6.48. The van der Waals surface area contributed by atoms with Crippen LogP contribution >= 0.6 is 0 Å². The Morgan fingerprint density at radius 3 is 2.64 bits per heavy atom. The molecule has 0 aromatic rings. The van der Waals surface area contributed by atoms with Crippen LogP contribution in [0.15, 0.2) is 35.5 Å². The van der Waals surface area contributed by atoms with Crippen LogP contribution in [0.1, 0.15) is 33.1 Å². The molecule has 1 nitrogen and oxygen atoms in total. The maximum absolute atomic E-state index is 6.48. The Morgan fingerprint density at radius 1 is 1.50 bits per heavy atom. The van der Waals surface area contributed by atoms with Crippen LogP contribution in [0.3, 0.4) is 0 Å². The van der Waals surface area contributed by atoms with E-state index in [-0.39, 0.29) is 5.54 Å². The molecule has 1 fully saturated rings. The van der Waals surface area contributed by atoms with Gasteiger partial charge >= 0.3 is 0 Å². The first-order chi connectivity index (χ1) is 6.58. The third-order valence-electron chi connectivity index (χ3n) is 3.68. The zero-order valence-electron chi connectivity index (χ0n) is 9.14. The Labute approximate surface area is 86.4 Å². The highest BCUT2D eigenvalue weighted by atomic mass is 14.8. The first kappa shape index (κ1) is 9.72. The molecule has 1 atom stereocenters. The topological polar surface area (TPSA) is 26.0 Å². The van der Waals surface area contributed by atoms with Gasteiger partial charge in [0.15, 0.2) is 0 Å². The number of rotatable bonds is 2. The first-order valence-corrected chi connectivity index (χ1v) is 5.38. The van der Waals surface area contributed by atoms with Crippen LogP contribution in [-0.2, 0) is 0 Å². The molecule has 2 aliphatic rings. The van der Waals surface area contributed by atoms with Crippen molar-refractivity contribution in [3.63, 3.8) is 0 Å². The van der Waals surface area contributed by atoms with Gasteiger partial charge in [-0.3, -0.25) is 0 Å². The second-order valence-corrected chi connectivity index (χ2v) is 4.76. The minimum Gasteiger partial charge on any atom is -0.321 e. The van der Waals surface area contributed by atoms with Crippen LogP contribution in [0.2, 0.25) is 0 Å². The van der Waals surface area contributed by atoms with E-state index in [0.29, 0.717) is 0 Å². The molecule has 2 N–H and O–H groups in total. The summed E-state index contributed by atoms with van der Waals surface area (Å²) in [6, 6.07) is 0. The Balaban J connectivity index is 2.33. The zero-order chi connectivity index (χ0) is 10.3. The van der Waals surface area contributed by atoms with Crippen molar-refractivity contribution in [1.82, 2.24) is 0 Å². The number of hydrogen-bond acceptors (Lipinski definition) is 1. The summed E-state index contributed by atoms with van der Waals surface area (Å²) in [6.07, 6.45) is 7.77. The lowest BCUT2D eigenvalue weighted by atomic mass is 9.75. The largest absolute Gasteiger partial charge is 0.321 e. The van der Waals surface area contributed by atoms with E-state index in [9.17, 15) is 0 Å². The second-order valence-electron chi connectivity index (χ2n) is 4.76. The molecule has 0 saturated heterocycles. The molecule has 0 aromatic carbocycles. The summed E-state index contributed by atoms with van der Waals surface area (Å²) in [4.78, 5) is 0. The average molecular weight is 189 g/mol. The normalized spacial score (nSPS) is 32.9. The highest BCUT2D eigenvalue weighted by molar-refractivity contribution is 5.45. The van der Waals surface area contributed by atoms with Gasteiger partial charge in [0.1, 0.15) is 0 Å². The number of hydrogen-bond donors (Lipinski definition) is 1. The Bertz CT molecular complexity index is 331. The molecule has 2 aliphatic carbocycles. The van der Waals surface area contributed by atoms with Crippen LogP contribution in [0.25, 0.3) is 0 Å². The molecule has 0 amide bonds. The van der Waals surface area contributed by atoms with Gasteiger partial charge in [0.25, 0.3) is 0 Å². The zero-order valence-corrected chi connectivity index (χ0v) is 9.14. The highest BCUT2D eigenvalue weighted by Crippen LogP contribution is 2.47. The van der Waals surface area contributed by atoms with Gasteiger partial charge in [-0.05, 0) is 44.6 Å². The van der Waals surface area contributed by atoms with E-state index in [0.717, 1.165) is 12.3 Å². The summed E-state index contributed by atoms with van der Waals surface area (Å²) >= 11 is 0. The Hall–Kier alpha value is -0.820. The molecule has 1 saturated carbocycles. The smallest absolute Gasteiger partial charge is 0.0435 e. The first-order valence-electron chi connectivity index (χ1n) is 5.38. The molecule has 2 rings (SSSR count). The van der Waals surface area contributed by atoms with E-state index in [1.807, 2.05) is 6.08 Å². The Morgan fingerprint density at radius 2 is 2.14 bits per heavy atom. The van der Waals surface area contributed by atoms with Gasteiger partial charge in [-0.25, -0.2) is 0 Å². The predicted molar refractivity (Wildman–Crippen MR) is 60.9 cm³/mol. The molecule has 0 aromatic heterocycles. The second kappa shape index (κ2) is 3.09. The lowest BCUT2D eigenvalue weighted by Crippen LogP contribution is -2.45. The van der Waals surface area contributed by atoms with Crippen LogP contribution in [0.4, 0.5) is 0 Å². The minimum atomic E-state index is -0.0450. The van der Waals surface area contributed by atoms with Crippen LogP contribution in [0.5, 0.6) is 0 Å². The van der Waals surface area contributed by atoms with E-state index >= 15 is 0 Å². The lowest BCUT2D eigenvalue weighted by molar-refractivity contribution is 0.425. The van der Waals surface area contributed by atoms with Gasteiger partial charge in [-0.2, -0.15) is 0 Å². The Kier molecular flexibility index (Phi) is 2.15. The summed E-state index contributed by atoms with van der Waals surface area (Å²) in [5.41, 5.74) is 10.4. The molecule has 1 unspecified atom stereocenters. The van der Waals surface area contributed by atoms with Crippen LogP contribution in [-0.4, -0.2) is 5.54 Å². The molecule has 76 valence electrons. The molecule has 0 bridgehead atoms. The fraction of sp³-hybridized carbons (Fsp3) is 0.538. The van der Waals surface area contributed by atoms with E-state index in [4.69, 9.17) is 5.73 Å². The molecule has 14 heavy (non-hydrogen) atoms. The monoisotopic (exact) mass is 189 g/mol. The van der Waals surface area contributed by atoms with E-state index in [2.05, 4.69) is 26.5 Å². The van der Waals surface area contributed by atoms with Crippen molar-refractivity contribution in [3.05, 3.63) is 35.5 Å². The molecule has 0 heterocycles. The lowest BCUT2D eigenvalue weighted by Gasteiger charge is -2.35. The van der Waals surface area contributed by atoms with Gasteiger partial charge in [-0.1, -0.05) is 29.9 Å². The number of allylic oxidation sites excluding steroid dienone is 3. The van der Waals surface area contributed by atoms with Gasteiger partial charge in [0.05, 0.1) is 0 Å². The molecule has 0 spiro atoms. The predicted octanol–water partition coefficient (Wildman–Crippen LogP) is 2.95. The minimum absolute atomic E-state index is 0.0450. The van der Waals surface area contributed by atoms with E-state index in [1.54, 1.807) is 0 Å². The standard InChI is InChI=1S/C13H19N/c1-4-11-7-10(3)13(14,8-9(11)2)12-5-6-12/h4,7,12H,1,5-6,8,14H2,2-3H3. The van der Waals surface area contributed by atoms with Gasteiger partial charge in [-0.15, -0.1) is 0 Å². The SMILES string of the molecule is C=CC1=C(C)CC(N)(C2CC2)C(C)=C1. The fourth-order valence-electron chi connectivity index (χ4n) is 2.47. The van der Waals surface area contributed by atoms with Crippen molar-refractivity contribution in [3.8, 4) is 0 Å². The molecule has 1 heteroatoms. The quantitative estimate of drug-likeness (QED) is 0.710. The summed E-state index contributed by atoms with van der Waals surface area (Å²) in [6.45, 7) is 8.17. The van der Waals surface area contributed by atoms with Crippen molar-refractivity contribution >= 4 is 0 Å². The summed E-state index contributed by atoms with van der Waals surface area (Å²) in [5.74, 6) is 0.722. The average Bonchev–Trinajstić information content (AvgIpc) is 2.94. The molecular weight excluding hydrogens is 170 g/mol.